The summed E-state index contributed by atoms with van der Waals surface area (Å²) in [5.74, 6) is 0. The highest BCUT2D eigenvalue weighted by molar-refractivity contribution is 8.00. The summed E-state index contributed by atoms with van der Waals surface area (Å²) in [5.41, 5.74) is -0.0585. The lowest BCUT2D eigenvalue weighted by atomic mass is 10.2. The van der Waals surface area contributed by atoms with Crippen molar-refractivity contribution in [3.05, 3.63) is 60.7 Å². The summed E-state index contributed by atoms with van der Waals surface area (Å²) in [6.45, 7) is 8.80. The van der Waals surface area contributed by atoms with Crippen molar-refractivity contribution in [3.8, 4) is 0 Å². The molecule has 0 radical (unpaired) electrons. The molecule has 3 heteroatoms. The Kier molecular flexibility index (Phi) is 5.75. The van der Waals surface area contributed by atoms with E-state index in [0.717, 1.165) is 6.04 Å². The fourth-order valence-corrected chi connectivity index (χ4v) is 11.2. The minimum absolute atomic E-state index is 0.0585. The summed E-state index contributed by atoms with van der Waals surface area (Å²) < 4.78 is 6.53. The molecular weight excluding hydrogens is 291 g/mol. The van der Waals surface area contributed by atoms with Crippen molar-refractivity contribution < 1.29 is 4.43 Å². The SMILES string of the molecule is CC[SiH](OC(C)(C)C)P(c1ccccc1)c1ccccc1. The maximum atomic E-state index is 6.53. The molecule has 2 aromatic rings. The van der Waals surface area contributed by atoms with Crippen molar-refractivity contribution >= 4 is 26.8 Å². The van der Waals surface area contributed by atoms with Crippen molar-refractivity contribution in [1.29, 1.82) is 0 Å². The highest BCUT2D eigenvalue weighted by atomic mass is 31.4. The van der Waals surface area contributed by atoms with Gasteiger partial charge in [-0.2, -0.15) is 0 Å². The van der Waals surface area contributed by atoms with E-state index in [1.54, 1.807) is 0 Å². The Bertz CT molecular complexity index is 497. The summed E-state index contributed by atoms with van der Waals surface area (Å²) in [5, 5.41) is 2.89. The van der Waals surface area contributed by atoms with Gasteiger partial charge in [-0.05, 0) is 44.9 Å². The van der Waals surface area contributed by atoms with Gasteiger partial charge < -0.3 is 4.43 Å². The summed E-state index contributed by atoms with van der Waals surface area (Å²) in [7, 11) is -1.70. The van der Waals surface area contributed by atoms with E-state index in [1.165, 1.54) is 10.6 Å². The fourth-order valence-electron chi connectivity index (χ4n) is 2.39. The van der Waals surface area contributed by atoms with Crippen molar-refractivity contribution in [2.45, 2.75) is 39.3 Å². The average molecular weight is 316 g/mol. The monoisotopic (exact) mass is 316 g/mol. The van der Waals surface area contributed by atoms with Crippen LogP contribution in [0.25, 0.3) is 0 Å². The minimum atomic E-state index is -1.34. The second-order valence-corrected chi connectivity index (χ2v) is 13.1. The topological polar surface area (TPSA) is 9.23 Å². The summed E-state index contributed by atoms with van der Waals surface area (Å²) in [4.78, 5) is 0. The Hall–Kier alpha value is -0.953. The Labute approximate surface area is 131 Å². The lowest BCUT2D eigenvalue weighted by Crippen LogP contribution is -2.34. The molecule has 0 saturated carbocycles. The lowest BCUT2D eigenvalue weighted by molar-refractivity contribution is 0.135. The van der Waals surface area contributed by atoms with Crippen LogP contribution in [-0.4, -0.2) is 14.3 Å². The van der Waals surface area contributed by atoms with Crippen LogP contribution in [0.15, 0.2) is 60.7 Å². The Balaban J connectivity index is 2.40. The van der Waals surface area contributed by atoms with Gasteiger partial charge in [0.05, 0.1) is 0 Å². The number of rotatable bonds is 5. The van der Waals surface area contributed by atoms with E-state index in [4.69, 9.17) is 4.43 Å². The summed E-state index contributed by atoms with van der Waals surface area (Å²) >= 11 is 0. The van der Waals surface area contributed by atoms with E-state index < -0.39 is 8.71 Å². The molecule has 0 N–H and O–H groups in total. The number of benzene rings is 2. The van der Waals surface area contributed by atoms with E-state index in [0.29, 0.717) is 0 Å². The van der Waals surface area contributed by atoms with Crippen LogP contribution in [0.5, 0.6) is 0 Å². The second kappa shape index (κ2) is 7.35. The Morgan fingerprint density at radius 2 is 1.29 bits per heavy atom. The summed E-state index contributed by atoms with van der Waals surface area (Å²) in [6.07, 6.45) is 0. The van der Waals surface area contributed by atoms with Crippen molar-refractivity contribution in [2.24, 2.45) is 0 Å². The van der Waals surface area contributed by atoms with E-state index in [1.807, 2.05) is 0 Å². The van der Waals surface area contributed by atoms with Crippen molar-refractivity contribution in [2.75, 3.05) is 0 Å². The average Bonchev–Trinajstić information content (AvgIpc) is 2.47. The number of hydrogen-bond donors (Lipinski definition) is 0. The van der Waals surface area contributed by atoms with Gasteiger partial charge in [-0.25, -0.2) is 0 Å². The van der Waals surface area contributed by atoms with Crippen molar-refractivity contribution in [1.82, 2.24) is 0 Å². The van der Waals surface area contributed by atoms with Gasteiger partial charge in [-0.15, -0.1) is 0 Å². The maximum Gasteiger partial charge on any atom is 0.212 e. The van der Waals surface area contributed by atoms with E-state index in [-0.39, 0.29) is 13.1 Å². The van der Waals surface area contributed by atoms with Crippen LogP contribution in [0, 0.1) is 0 Å². The molecule has 0 aliphatic carbocycles. The molecule has 0 spiro atoms. The van der Waals surface area contributed by atoms with Crippen molar-refractivity contribution in [3.63, 3.8) is 0 Å². The van der Waals surface area contributed by atoms with Crippen LogP contribution < -0.4 is 10.6 Å². The quantitative estimate of drug-likeness (QED) is 0.594. The Morgan fingerprint density at radius 3 is 1.62 bits per heavy atom. The molecule has 1 nitrogen and oxygen atoms in total. The fraction of sp³-hybridized carbons (Fsp3) is 0.333. The van der Waals surface area contributed by atoms with Gasteiger partial charge >= 0.3 is 0 Å². The van der Waals surface area contributed by atoms with E-state index in [2.05, 4.69) is 88.4 Å². The molecule has 112 valence electrons. The molecule has 21 heavy (non-hydrogen) atoms. The first-order chi connectivity index (χ1) is 10.0. The Morgan fingerprint density at radius 1 is 0.857 bits per heavy atom. The van der Waals surface area contributed by atoms with Gasteiger partial charge in [-0.1, -0.05) is 67.6 Å². The van der Waals surface area contributed by atoms with Crippen LogP contribution in [0.2, 0.25) is 6.04 Å². The zero-order valence-electron chi connectivity index (χ0n) is 13.4. The molecule has 0 aliphatic rings. The lowest BCUT2D eigenvalue weighted by Gasteiger charge is -2.32. The zero-order chi connectivity index (χ0) is 15.3. The predicted molar refractivity (Wildman–Crippen MR) is 97.5 cm³/mol. The highest BCUT2D eigenvalue weighted by Gasteiger charge is 2.29. The molecule has 0 aliphatic heterocycles. The third-order valence-corrected chi connectivity index (χ3v) is 12.1. The van der Waals surface area contributed by atoms with Crippen LogP contribution in [-0.2, 0) is 4.43 Å². The normalized spacial score (nSPS) is 13.4. The molecule has 0 amide bonds. The smallest absolute Gasteiger partial charge is 0.212 e. The largest absolute Gasteiger partial charge is 0.410 e. The number of hydrogen-bond acceptors (Lipinski definition) is 1. The van der Waals surface area contributed by atoms with E-state index >= 15 is 0 Å². The molecule has 0 heterocycles. The molecule has 2 rings (SSSR count). The predicted octanol–water partition coefficient (Wildman–Crippen LogP) is 4.17. The van der Waals surface area contributed by atoms with Gasteiger partial charge in [0, 0.05) is 5.60 Å². The highest BCUT2D eigenvalue weighted by Crippen LogP contribution is 2.40. The molecule has 1 unspecified atom stereocenters. The first-order valence-corrected chi connectivity index (χ1v) is 11.8. The van der Waals surface area contributed by atoms with Crippen LogP contribution in [0.3, 0.4) is 0 Å². The zero-order valence-corrected chi connectivity index (χ0v) is 15.5. The molecule has 0 aromatic heterocycles. The maximum absolute atomic E-state index is 6.53. The van der Waals surface area contributed by atoms with Crippen LogP contribution >= 0.6 is 7.47 Å². The second-order valence-electron chi connectivity index (χ2n) is 6.13. The third kappa shape index (κ3) is 4.77. The van der Waals surface area contributed by atoms with Crippen LogP contribution in [0.4, 0.5) is 0 Å². The third-order valence-electron chi connectivity index (χ3n) is 3.20. The van der Waals surface area contributed by atoms with Gasteiger partial charge in [0.15, 0.2) is 0 Å². The molecule has 0 bridgehead atoms. The minimum Gasteiger partial charge on any atom is -0.410 e. The molecule has 1 atom stereocenters. The van der Waals surface area contributed by atoms with Gasteiger partial charge in [0.2, 0.25) is 8.71 Å². The van der Waals surface area contributed by atoms with Gasteiger partial charge in [-0.3, -0.25) is 0 Å². The first kappa shape index (κ1) is 16.4. The molecular formula is C18H25OPSi. The van der Waals surface area contributed by atoms with Crippen LogP contribution in [0.1, 0.15) is 27.7 Å². The van der Waals surface area contributed by atoms with Gasteiger partial charge in [0.1, 0.15) is 0 Å². The van der Waals surface area contributed by atoms with E-state index in [9.17, 15) is 0 Å². The molecule has 2 aromatic carbocycles. The first-order valence-electron chi connectivity index (χ1n) is 7.58. The molecule has 0 saturated heterocycles. The standard InChI is InChI=1S/C18H25OPSi/c1-5-21(19-18(2,3)4)20(16-12-8-6-9-13-16)17-14-10-7-11-15-17/h6-15,21H,5H2,1-4H3. The molecule has 0 fully saturated rings. The summed E-state index contributed by atoms with van der Waals surface area (Å²) in [6, 6.07) is 23.0. The van der Waals surface area contributed by atoms with Gasteiger partial charge in [0.25, 0.3) is 0 Å².